The molecule has 3 aromatic carbocycles. The lowest BCUT2D eigenvalue weighted by atomic mass is 10.0. The molecule has 0 bridgehead atoms. The summed E-state index contributed by atoms with van der Waals surface area (Å²) in [5, 5.41) is 1.18. The fraction of sp³-hybridized carbons (Fsp3) is 0.188. The van der Waals surface area contributed by atoms with Gasteiger partial charge in [-0.1, -0.05) is 74.0 Å². The van der Waals surface area contributed by atoms with Crippen LogP contribution in [0.25, 0.3) is 22.2 Å². The number of para-hydroxylation sites is 1. The minimum Gasteiger partial charge on any atom is -0.325 e. The molecular weight excluding hydrogens is 506 g/mol. The maximum Gasteiger partial charge on any atom is 0.270 e. The van der Waals surface area contributed by atoms with Gasteiger partial charge in [-0.15, -0.1) is 0 Å². The Balaban J connectivity index is 1.50. The fourth-order valence-corrected chi connectivity index (χ4v) is 6.32. The highest BCUT2D eigenvalue weighted by Gasteiger charge is 2.26. The second-order valence-corrected chi connectivity index (χ2v) is 11.5. The first-order valence-corrected chi connectivity index (χ1v) is 14.5. The van der Waals surface area contributed by atoms with E-state index in [2.05, 4.69) is 30.5 Å². The van der Waals surface area contributed by atoms with Gasteiger partial charge in [0.1, 0.15) is 5.65 Å². The first kappa shape index (κ1) is 26.4. The lowest BCUT2D eigenvalue weighted by molar-refractivity contribution is -0.106. The summed E-state index contributed by atoms with van der Waals surface area (Å²) in [6, 6.07) is 27.4. The van der Waals surface area contributed by atoms with E-state index < -0.39 is 10.0 Å². The van der Waals surface area contributed by atoms with Crippen molar-refractivity contribution in [1.29, 1.82) is 0 Å². The van der Waals surface area contributed by atoms with Gasteiger partial charge in [-0.05, 0) is 67.3 Å². The first-order chi connectivity index (χ1) is 18.8. The van der Waals surface area contributed by atoms with Gasteiger partial charge in [0, 0.05) is 28.9 Å². The maximum atomic E-state index is 13.3. The number of benzene rings is 3. The third-order valence-electron chi connectivity index (χ3n) is 6.94. The van der Waals surface area contributed by atoms with E-state index in [1.54, 1.807) is 30.3 Å². The summed E-state index contributed by atoms with van der Waals surface area (Å²) in [4.78, 5) is 17.0. The Kier molecular flexibility index (Phi) is 7.35. The molecule has 39 heavy (non-hydrogen) atoms. The topological polar surface area (TPSA) is 72.3 Å². The molecule has 2 heterocycles. The minimum absolute atomic E-state index is 0.0585. The number of fused-ring (bicyclic) bond motifs is 1. The van der Waals surface area contributed by atoms with Gasteiger partial charge in [-0.25, -0.2) is 17.7 Å². The number of nitrogens with zero attached hydrogens (tertiary/aromatic N) is 3. The third kappa shape index (κ3) is 5.10. The first-order valence-electron chi connectivity index (χ1n) is 13.0. The number of pyridine rings is 1. The number of carbonyl (C=O) groups excluding carboxylic acids is 1. The van der Waals surface area contributed by atoms with Crippen molar-refractivity contribution < 1.29 is 13.2 Å². The van der Waals surface area contributed by atoms with Gasteiger partial charge in [-0.2, -0.15) is 0 Å². The second kappa shape index (κ2) is 10.9. The molecule has 5 aromatic rings. The molecule has 0 radical (unpaired) electrons. The van der Waals surface area contributed by atoms with Crippen LogP contribution in [0.4, 0.5) is 5.69 Å². The molecular formula is C32H31N3O3S. The maximum absolute atomic E-state index is 13.3. The zero-order valence-electron chi connectivity index (χ0n) is 22.3. The van der Waals surface area contributed by atoms with E-state index in [0.717, 1.165) is 39.6 Å². The van der Waals surface area contributed by atoms with Crippen LogP contribution in [0.15, 0.2) is 95.9 Å². The molecule has 0 fully saturated rings. The van der Waals surface area contributed by atoms with Crippen molar-refractivity contribution in [2.75, 3.05) is 4.31 Å². The van der Waals surface area contributed by atoms with Gasteiger partial charge in [0.15, 0.2) is 0 Å². The van der Waals surface area contributed by atoms with E-state index in [4.69, 9.17) is 4.98 Å². The summed E-state index contributed by atoms with van der Waals surface area (Å²) in [6.45, 7) is 7.01. The summed E-state index contributed by atoms with van der Waals surface area (Å²) < 4.78 is 29.7. The average Bonchev–Trinajstić information content (AvgIpc) is 3.27. The number of sulfonamides is 1. The van der Waals surface area contributed by atoms with Gasteiger partial charge in [0.2, 0.25) is 6.41 Å². The largest absolute Gasteiger partial charge is 0.325 e. The number of rotatable bonds is 9. The summed E-state index contributed by atoms with van der Waals surface area (Å²) >= 11 is 0. The van der Waals surface area contributed by atoms with Crippen LogP contribution in [-0.2, 0) is 27.8 Å². The summed E-state index contributed by atoms with van der Waals surface area (Å²) in [6.07, 6.45) is 2.37. The van der Waals surface area contributed by atoms with E-state index in [1.165, 1.54) is 28.8 Å². The number of carbonyl (C=O) groups is 1. The Morgan fingerprint density at radius 3 is 2.28 bits per heavy atom. The van der Waals surface area contributed by atoms with Crippen LogP contribution in [0.1, 0.15) is 35.9 Å². The molecule has 0 unspecified atom stereocenters. The number of aryl methyl sites for hydroxylation is 3. The van der Waals surface area contributed by atoms with Crippen LogP contribution >= 0.6 is 0 Å². The van der Waals surface area contributed by atoms with E-state index in [0.29, 0.717) is 24.2 Å². The van der Waals surface area contributed by atoms with Crippen molar-refractivity contribution in [3.05, 3.63) is 114 Å². The molecule has 0 spiro atoms. The monoisotopic (exact) mass is 537 g/mol. The van der Waals surface area contributed by atoms with Crippen molar-refractivity contribution >= 4 is 33.2 Å². The molecule has 7 heteroatoms. The van der Waals surface area contributed by atoms with Gasteiger partial charge in [0.05, 0.1) is 10.6 Å². The standard InChI is InChI=1S/C32H31N3O3S/c1-4-10-27-20-30-23(2)19-24(3)33-32(30)34(27)21-25-15-17-26(18-16-25)29-13-8-9-14-31(29)35(22-36)39(37,38)28-11-6-5-7-12-28/h5-9,11-20,22H,4,10,21H2,1-3H3. The third-order valence-corrected chi connectivity index (χ3v) is 8.60. The van der Waals surface area contributed by atoms with Gasteiger partial charge >= 0.3 is 0 Å². The lowest BCUT2D eigenvalue weighted by Crippen LogP contribution is -2.30. The Labute approximate surface area is 229 Å². The Hall–Kier alpha value is -4.23. The minimum atomic E-state index is -4.06. The predicted octanol–water partition coefficient (Wildman–Crippen LogP) is 6.67. The summed E-state index contributed by atoms with van der Waals surface area (Å²) in [7, 11) is -4.06. The number of hydrogen-bond donors (Lipinski definition) is 0. The quantitative estimate of drug-likeness (QED) is 0.197. The molecule has 0 aliphatic rings. The van der Waals surface area contributed by atoms with Crippen molar-refractivity contribution in [3.8, 4) is 11.1 Å². The number of anilines is 1. The normalized spacial score (nSPS) is 11.6. The molecule has 198 valence electrons. The molecule has 1 amide bonds. The molecule has 0 atom stereocenters. The number of hydrogen-bond acceptors (Lipinski definition) is 4. The zero-order chi connectivity index (χ0) is 27.6. The van der Waals surface area contributed by atoms with Gasteiger partial charge in [0.25, 0.3) is 10.0 Å². The Bertz CT molecular complexity index is 1740. The predicted molar refractivity (Wildman–Crippen MR) is 156 cm³/mol. The molecule has 0 N–H and O–H groups in total. The van der Waals surface area contributed by atoms with E-state index in [-0.39, 0.29) is 4.90 Å². The van der Waals surface area contributed by atoms with Crippen LogP contribution in [0.5, 0.6) is 0 Å². The number of aromatic nitrogens is 2. The van der Waals surface area contributed by atoms with E-state index in [9.17, 15) is 13.2 Å². The van der Waals surface area contributed by atoms with Crippen LogP contribution in [-0.4, -0.2) is 24.4 Å². The van der Waals surface area contributed by atoms with Crippen molar-refractivity contribution in [2.24, 2.45) is 0 Å². The average molecular weight is 538 g/mol. The molecule has 5 rings (SSSR count). The van der Waals surface area contributed by atoms with Crippen LogP contribution in [0, 0.1) is 13.8 Å². The zero-order valence-corrected chi connectivity index (χ0v) is 23.2. The molecule has 6 nitrogen and oxygen atoms in total. The van der Waals surface area contributed by atoms with E-state index >= 15 is 0 Å². The van der Waals surface area contributed by atoms with Crippen molar-refractivity contribution in [3.63, 3.8) is 0 Å². The SMILES string of the molecule is CCCc1cc2c(C)cc(C)nc2n1Cc1ccc(-c2ccccc2N(C=O)S(=O)(=O)c2ccccc2)cc1. The van der Waals surface area contributed by atoms with Crippen molar-refractivity contribution in [1.82, 2.24) is 9.55 Å². The van der Waals surface area contributed by atoms with Gasteiger partial charge < -0.3 is 4.57 Å². The van der Waals surface area contributed by atoms with Crippen LogP contribution < -0.4 is 4.31 Å². The lowest BCUT2D eigenvalue weighted by Gasteiger charge is -2.21. The second-order valence-electron chi connectivity index (χ2n) is 9.72. The van der Waals surface area contributed by atoms with Gasteiger partial charge in [-0.3, -0.25) is 4.79 Å². The highest BCUT2D eigenvalue weighted by Crippen LogP contribution is 2.34. The summed E-state index contributed by atoms with van der Waals surface area (Å²) in [5.41, 5.74) is 7.37. The number of amides is 1. The molecule has 2 aromatic heterocycles. The molecule has 0 aliphatic carbocycles. The smallest absolute Gasteiger partial charge is 0.270 e. The van der Waals surface area contributed by atoms with Crippen molar-refractivity contribution in [2.45, 2.75) is 45.1 Å². The molecule has 0 aliphatic heterocycles. The van der Waals surface area contributed by atoms with E-state index in [1.807, 2.05) is 43.3 Å². The highest BCUT2D eigenvalue weighted by atomic mass is 32.2. The Morgan fingerprint density at radius 1 is 0.897 bits per heavy atom. The Morgan fingerprint density at radius 2 is 1.59 bits per heavy atom. The van der Waals surface area contributed by atoms with Crippen LogP contribution in [0.2, 0.25) is 0 Å². The van der Waals surface area contributed by atoms with Crippen LogP contribution in [0.3, 0.4) is 0 Å². The molecule has 0 saturated carbocycles. The summed E-state index contributed by atoms with van der Waals surface area (Å²) in [5.74, 6) is 0. The highest BCUT2D eigenvalue weighted by molar-refractivity contribution is 7.93. The molecule has 0 saturated heterocycles. The fourth-order valence-electron chi connectivity index (χ4n) is 5.06.